The van der Waals surface area contributed by atoms with Crippen LogP contribution in [0.15, 0.2) is 30.3 Å². The molecule has 0 spiro atoms. The third-order valence-electron chi connectivity index (χ3n) is 5.41. The number of fused-ring (bicyclic) bond motifs is 1. The predicted octanol–water partition coefficient (Wildman–Crippen LogP) is 2.26. The molecule has 3 unspecified atom stereocenters. The van der Waals surface area contributed by atoms with Gasteiger partial charge in [0.2, 0.25) is 5.91 Å². The van der Waals surface area contributed by atoms with Crippen molar-refractivity contribution in [2.75, 3.05) is 26.3 Å². The average molecular weight is 346 g/mol. The summed E-state index contributed by atoms with van der Waals surface area (Å²) in [4.78, 5) is 14.9. The van der Waals surface area contributed by atoms with Crippen molar-refractivity contribution >= 4 is 5.91 Å². The normalized spacial score (nSPS) is 24.6. The maximum Gasteiger partial charge on any atom is 0.236 e. The molecule has 25 heavy (non-hydrogen) atoms. The number of aliphatic hydroxyl groups is 1. The SMILES string of the molecule is O=C(CNC(CCCO)c1ccccc1)N1CCOC2CCCCC21. The summed E-state index contributed by atoms with van der Waals surface area (Å²) in [6, 6.07) is 10.5. The number of morpholine rings is 1. The Morgan fingerprint density at radius 2 is 2.08 bits per heavy atom. The molecule has 1 amide bonds. The van der Waals surface area contributed by atoms with E-state index in [4.69, 9.17) is 9.84 Å². The van der Waals surface area contributed by atoms with Crippen LogP contribution in [0, 0.1) is 0 Å². The van der Waals surface area contributed by atoms with Crippen molar-refractivity contribution < 1.29 is 14.6 Å². The standard InChI is InChI=1S/C20H30N2O3/c23-13-6-9-17(16-7-2-1-3-8-16)21-15-20(24)22-12-14-25-19-11-5-4-10-18(19)22/h1-3,7-8,17-19,21,23H,4-6,9-15H2. The van der Waals surface area contributed by atoms with E-state index >= 15 is 0 Å². The lowest BCUT2D eigenvalue weighted by atomic mass is 9.90. The monoisotopic (exact) mass is 346 g/mol. The number of nitrogens with zero attached hydrogens (tertiary/aromatic N) is 1. The summed E-state index contributed by atoms with van der Waals surface area (Å²) >= 11 is 0. The van der Waals surface area contributed by atoms with E-state index in [0.717, 1.165) is 25.7 Å². The highest BCUT2D eigenvalue weighted by Crippen LogP contribution is 2.28. The zero-order chi connectivity index (χ0) is 17.5. The fourth-order valence-corrected chi connectivity index (χ4v) is 4.09. The van der Waals surface area contributed by atoms with Crippen molar-refractivity contribution in [3.05, 3.63) is 35.9 Å². The number of ether oxygens (including phenoxy) is 1. The highest BCUT2D eigenvalue weighted by molar-refractivity contribution is 5.78. The first-order valence-electron chi connectivity index (χ1n) is 9.60. The fraction of sp³-hybridized carbons (Fsp3) is 0.650. The topological polar surface area (TPSA) is 61.8 Å². The molecule has 1 aliphatic carbocycles. The third-order valence-corrected chi connectivity index (χ3v) is 5.41. The maximum atomic E-state index is 12.8. The third kappa shape index (κ3) is 4.81. The second-order valence-corrected chi connectivity index (χ2v) is 7.06. The Morgan fingerprint density at radius 1 is 1.28 bits per heavy atom. The smallest absolute Gasteiger partial charge is 0.236 e. The summed E-state index contributed by atoms with van der Waals surface area (Å²) in [6.45, 7) is 1.87. The molecule has 1 saturated carbocycles. The van der Waals surface area contributed by atoms with Crippen LogP contribution in [0.25, 0.3) is 0 Å². The van der Waals surface area contributed by atoms with E-state index in [1.807, 2.05) is 23.1 Å². The van der Waals surface area contributed by atoms with Crippen molar-refractivity contribution in [1.82, 2.24) is 10.2 Å². The lowest BCUT2D eigenvalue weighted by Crippen LogP contribution is -2.56. The first-order chi connectivity index (χ1) is 12.3. The predicted molar refractivity (Wildman–Crippen MR) is 97.2 cm³/mol. The van der Waals surface area contributed by atoms with Gasteiger partial charge in [-0.3, -0.25) is 4.79 Å². The summed E-state index contributed by atoms with van der Waals surface area (Å²) in [7, 11) is 0. The molecule has 1 aromatic rings. The maximum absolute atomic E-state index is 12.8. The number of rotatable bonds is 7. The molecule has 1 heterocycles. The van der Waals surface area contributed by atoms with Crippen LogP contribution >= 0.6 is 0 Å². The molecule has 1 saturated heterocycles. The Morgan fingerprint density at radius 3 is 2.88 bits per heavy atom. The number of carbonyl (C=O) groups excluding carboxylic acids is 1. The number of nitrogens with one attached hydrogen (secondary N) is 1. The Hall–Kier alpha value is -1.43. The van der Waals surface area contributed by atoms with Crippen molar-refractivity contribution in [2.45, 2.75) is 56.7 Å². The van der Waals surface area contributed by atoms with Crippen LogP contribution < -0.4 is 5.32 Å². The number of benzene rings is 1. The molecule has 0 aromatic heterocycles. The van der Waals surface area contributed by atoms with Gasteiger partial charge in [0.05, 0.1) is 25.3 Å². The van der Waals surface area contributed by atoms with Crippen LogP contribution in [0.5, 0.6) is 0 Å². The molecule has 2 fully saturated rings. The van der Waals surface area contributed by atoms with E-state index in [0.29, 0.717) is 19.7 Å². The molecule has 3 atom stereocenters. The lowest BCUT2D eigenvalue weighted by Gasteiger charge is -2.44. The quantitative estimate of drug-likeness (QED) is 0.795. The second kappa shape index (κ2) is 9.32. The number of hydrogen-bond donors (Lipinski definition) is 2. The van der Waals surface area contributed by atoms with E-state index < -0.39 is 0 Å². The summed E-state index contributed by atoms with van der Waals surface area (Å²) in [5.41, 5.74) is 1.17. The first kappa shape index (κ1) is 18.4. The first-order valence-corrected chi connectivity index (χ1v) is 9.60. The highest BCUT2D eigenvalue weighted by Gasteiger charge is 2.36. The molecule has 138 valence electrons. The van der Waals surface area contributed by atoms with E-state index in [-0.39, 0.29) is 30.7 Å². The molecule has 5 heteroatoms. The van der Waals surface area contributed by atoms with E-state index in [9.17, 15) is 4.79 Å². The minimum absolute atomic E-state index is 0.0977. The fourth-order valence-electron chi connectivity index (χ4n) is 4.09. The molecular formula is C20H30N2O3. The number of carbonyl (C=O) groups is 1. The van der Waals surface area contributed by atoms with Gasteiger partial charge in [0.15, 0.2) is 0 Å². The summed E-state index contributed by atoms with van der Waals surface area (Å²) in [5, 5.41) is 12.6. The summed E-state index contributed by atoms with van der Waals surface area (Å²) in [5.74, 6) is 0.171. The van der Waals surface area contributed by atoms with Crippen molar-refractivity contribution in [2.24, 2.45) is 0 Å². The number of hydrogen-bond acceptors (Lipinski definition) is 4. The largest absolute Gasteiger partial charge is 0.396 e. The van der Waals surface area contributed by atoms with Crippen LogP contribution in [0.4, 0.5) is 0 Å². The summed E-state index contributed by atoms with van der Waals surface area (Å²) in [6.07, 6.45) is 6.30. The van der Waals surface area contributed by atoms with Crippen molar-refractivity contribution in [3.63, 3.8) is 0 Å². The highest BCUT2D eigenvalue weighted by atomic mass is 16.5. The van der Waals surface area contributed by atoms with Crippen LogP contribution in [0.1, 0.15) is 50.1 Å². The van der Waals surface area contributed by atoms with Gasteiger partial charge in [0.25, 0.3) is 0 Å². The molecule has 2 aliphatic rings. The van der Waals surface area contributed by atoms with Gasteiger partial charge >= 0.3 is 0 Å². The van der Waals surface area contributed by atoms with Crippen molar-refractivity contribution in [3.8, 4) is 0 Å². The van der Waals surface area contributed by atoms with E-state index in [2.05, 4.69) is 17.4 Å². The van der Waals surface area contributed by atoms with Gasteiger partial charge in [-0.2, -0.15) is 0 Å². The number of aliphatic hydroxyl groups excluding tert-OH is 1. The Balaban J connectivity index is 1.58. The molecule has 2 N–H and O–H groups in total. The van der Waals surface area contributed by atoms with Gasteiger partial charge in [-0.25, -0.2) is 0 Å². The van der Waals surface area contributed by atoms with Gasteiger partial charge in [-0.15, -0.1) is 0 Å². The Labute approximate surface area is 150 Å². The lowest BCUT2D eigenvalue weighted by molar-refractivity contribution is -0.148. The minimum atomic E-state index is 0.0977. The Bertz CT molecular complexity index is 535. The van der Waals surface area contributed by atoms with Gasteiger partial charge < -0.3 is 20.1 Å². The van der Waals surface area contributed by atoms with E-state index in [1.54, 1.807) is 0 Å². The number of amides is 1. The second-order valence-electron chi connectivity index (χ2n) is 7.06. The van der Waals surface area contributed by atoms with Gasteiger partial charge in [-0.1, -0.05) is 43.2 Å². The molecule has 0 radical (unpaired) electrons. The molecule has 0 bridgehead atoms. The van der Waals surface area contributed by atoms with Crippen LogP contribution in [-0.4, -0.2) is 54.4 Å². The molecule has 1 aliphatic heterocycles. The zero-order valence-electron chi connectivity index (χ0n) is 14.9. The van der Waals surface area contributed by atoms with Gasteiger partial charge in [0, 0.05) is 19.2 Å². The minimum Gasteiger partial charge on any atom is -0.396 e. The average Bonchev–Trinajstić information content (AvgIpc) is 2.68. The van der Waals surface area contributed by atoms with Crippen molar-refractivity contribution in [1.29, 1.82) is 0 Å². The van der Waals surface area contributed by atoms with Gasteiger partial charge in [-0.05, 0) is 31.2 Å². The molecule has 1 aromatic carbocycles. The molecule has 3 rings (SSSR count). The molecule has 5 nitrogen and oxygen atoms in total. The molecular weight excluding hydrogens is 316 g/mol. The Kier molecular flexibility index (Phi) is 6.84. The zero-order valence-corrected chi connectivity index (χ0v) is 14.9. The van der Waals surface area contributed by atoms with E-state index in [1.165, 1.54) is 18.4 Å². The van der Waals surface area contributed by atoms with Gasteiger partial charge in [0.1, 0.15) is 0 Å². The van der Waals surface area contributed by atoms with Crippen LogP contribution in [0.2, 0.25) is 0 Å². The summed E-state index contributed by atoms with van der Waals surface area (Å²) < 4.78 is 5.87. The van der Waals surface area contributed by atoms with Crippen LogP contribution in [0.3, 0.4) is 0 Å². The van der Waals surface area contributed by atoms with Crippen LogP contribution in [-0.2, 0) is 9.53 Å².